The van der Waals surface area contributed by atoms with Crippen molar-refractivity contribution in [2.75, 3.05) is 25.0 Å². The van der Waals surface area contributed by atoms with E-state index in [1.54, 1.807) is 6.07 Å². The Hall–Kier alpha value is -1.62. The second-order valence-electron chi connectivity index (χ2n) is 5.26. The second kappa shape index (κ2) is 6.70. The average Bonchev–Trinajstić information content (AvgIpc) is 2.41. The third kappa shape index (κ3) is 3.70. The Kier molecular flexibility index (Phi) is 4.95. The molecule has 0 radical (unpaired) electrons. The van der Waals surface area contributed by atoms with Crippen molar-refractivity contribution in [1.82, 2.24) is 4.90 Å². The molecule has 0 spiro atoms. The number of benzene rings is 1. The van der Waals surface area contributed by atoms with Crippen LogP contribution in [0.3, 0.4) is 0 Å². The van der Waals surface area contributed by atoms with E-state index in [9.17, 15) is 9.18 Å². The van der Waals surface area contributed by atoms with Gasteiger partial charge in [0.25, 0.3) is 0 Å². The maximum absolute atomic E-state index is 13.6. The lowest BCUT2D eigenvalue weighted by Gasteiger charge is -2.32. The Morgan fingerprint density at radius 1 is 1.45 bits per heavy atom. The number of halogens is 1. The smallest absolute Gasteiger partial charge is 0.338 e. The summed E-state index contributed by atoms with van der Waals surface area (Å²) in [5.74, 6) is -1.92. The fourth-order valence-corrected chi connectivity index (χ4v) is 2.63. The number of carboxylic acid groups (broad SMARTS) is 1. The number of likely N-dealkylation sites (tertiary alicyclic amines) is 1. The van der Waals surface area contributed by atoms with Crippen molar-refractivity contribution in [3.8, 4) is 0 Å². The van der Waals surface area contributed by atoms with Crippen LogP contribution in [0.5, 0.6) is 0 Å². The lowest BCUT2D eigenvalue weighted by molar-refractivity contribution is 0.0692. The Balaban J connectivity index is 1.91. The molecule has 2 rings (SSSR count). The molecule has 0 aromatic heterocycles. The van der Waals surface area contributed by atoms with Crippen LogP contribution in [0.1, 0.15) is 36.5 Å². The number of aromatic carboxylic acids is 1. The van der Waals surface area contributed by atoms with Crippen LogP contribution in [0.4, 0.5) is 10.1 Å². The molecule has 2 N–H and O–H groups in total. The molecule has 4 nitrogen and oxygen atoms in total. The van der Waals surface area contributed by atoms with Gasteiger partial charge in [-0.05, 0) is 44.0 Å². The van der Waals surface area contributed by atoms with Crippen molar-refractivity contribution in [2.24, 2.45) is 0 Å². The largest absolute Gasteiger partial charge is 0.478 e. The molecule has 0 saturated carbocycles. The molecule has 0 amide bonds. The monoisotopic (exact) mass is 280 g/mol. The summed E-state index contributed by atoms with van der Waals surface area (Å²) in [7, 11) is 0. The predicted molar refractivity (Wildman–Crippen MR) is 76.7 cm³/mol. The van der Waals surface area contributed by atoms with E-state index in [4.69, 9.17) is 5.11 Å². The number of piperidine rings is 1. The molecule has 1 aliphatic heterocycles. The first-order valence-electron chi connectivity index (χ1n) is 7.12. The molecule has 1 heterocycles. The molecule has 20 heavy (non-hydrogen) atoms. The van der Waals surface area contributed by atoms with Crippen molar-refractivity contribution >= 4 is 11.7 Å². The molecule has 0 bridgehead atoms. The molecule has 0 aliphatic carbocycles. The predicted octanol–water partition coefficient (Wildman–Crippen LogP) is 2.81. The number of nitrogens with zero attached hydrogens (tertiary/aromatic N) is 1. The summed E-state index contributed by atoms with van der Waals surface area (Å²) in [5.41, 5.74) is 0.370. The van der Waals surface area contributed by atoms with E-state index >= 15 is 0 Å². The van der Waals surface area contributed by atoms with Crippen LogP contribution in [-0.2, 0) is 0 Å². The summed E-state index contributed by atoms with van der Waals surface area (Å²) in [6.45, 7) is 5.42. The molecule has 1 saturated heterocycles. The van der Waals surface area contributed by atoms with Gasteiger partial charge in [-0.15, -0.1) is 0 Å². The number of carboxylic acids is 1. The highest BCUT2D eigenvalue weighted by molar-refractivity contribution is 5.88. The summed E-state index contributed by atoms with van der Waals surface area (Å²) in [6, 6.07) is 4.54. The number of anilines is 1. The topological polar surface area (TPSA) is 52.6 Å². The van der Waals surface area contributed by atoms with Gasteiger partial charge in [0, 0.05) is 24.8 Å². The van der Waals surface area contributed by atoms with Crippen molar-refractivity contribution < 1.29 is 14.3 Å². The van der Waals surface area contributed by atoms with E-state index < -0.39 is 11.8 Å². The molecule has 0 unspecified atom stereocenters. The number of rotatable bonds is 5. The Labute approximate surface area is 118 Å². The van der Waals surface area contributed by atoms with Crippen LogP contribution in [-0.4, -0.2) is 41.7 Å². The lowest BCUT2D eigenvalue weighted by Crippen LogP contribution is -2.39. The number of hydrogen-bond acceptors (Lipinski definition) is 3. The summed E-state index contributed by atoms with van der Waals surface area (Å²) < 4.78 is 13.6. The van der Waals surface area contributed by atoms with E-state index in [0.29, 0.717) is 11.7 Å². The molecule has 0 atom stereocenters. The van der Waals surface area contributed by atoms with Crippen molar-refractivity contribution in [3.63, 3.8) is 0 Å². The van der Waals surface area contributed by atoms with E-state index in [-0.39, 0.29) is 5.56 Å². The molecule has 1 aromatic carbocycles. The first-order chi connectivity index (χ1) is 9.60. The summed E-state index contributed by atoms with van der Waals surface area (Å²) in [6.07, 6.45) is 3.23. The van der Waals surface area contributed by atoms with Crippen molar-refractivity contribution in [3.05, 3.63) is 29.6 Å². The molecule has 110 valence electrons. The summed E-state index contributed by atoms with van der Waals surface area (Å²) in [5, 5.41) is 12.1. The molecule has 1 aliphatic rings. The summed E-state index contributed by atoms with van der Waals surface area (Å²) in [4.78, 5) is 13.2. The number of hydrogen-bond donors (Lipinski definition) is 2. The van der Waals surface area contributed by atoms with Gasteiger partial charge in [-0.3, -0.25) is 0 Å². The maximum Gasteiger partial charge on any atom is 0.338 e. The quantitative estimate of drug-likeness (QED) is 0.871. The minimum absolute atomic E-state index is 0.284. The van der Waals surface area contributed by atoms with Gasteiger partial charge in [-0.25, -0.2) is 9.18 Å². The summed E-state index contributed by atoms with van der Waals surface area (Å²) >= 11 is 0. The van der Waals surface area contributed by atoms with Crippen LogP contribution in [0.15, 0.2) is 18.2 Å². The Bertz CT molecular complexity index is 471. The second-order valence-corrected chi connectivity index (χ2v) is 5.26. The van der Waals surface area contributed by atoms with E-state index in [2.05, 4.69) is 17.1 Å². The molecule has 5 heteroatoms. The van der Waals surface area contributed by atoms with E-state index in [1.807, 2.05) is 0 Å². The Morgan fingerprint density at radius 2 is 2.15 bits per heavy atom. The van der Waals surface area contributed by atoms with Gasteiger partial charge in [0.05, 0.1) is 5.56 Å². The van der Waals surface area contributed by atoms with Gasteiger partial charge in [0.2, 0.25) is 0 Å². The SMILES string of the molecule is CCCN1CCC(Nc2ccc(C(=O)O)c(F)c2)CC1. The fourth-order valence-electron chi connectivity index (χ4n) is 2.63. The zero-order chi connectivity index (χ0) is 14.5. The number of carbonyl (C=O) groups is 1. The molecular formula is C15H21FN2O2. The highest BCUT2D eigenvalue weighted by Crippen LogP contribution is 2.19. The molecule has 1 fully saturated rings. The van der Waals surface area contributed by atoms with E-state index in [0.717, 1.165) is 32.5 Å². The van der Waals surface area contributed by atoms with E-state index in [1.165, 1.54) is 18.6 Å². The Morgan fingerprint density at radius 3 is 2.70 bits per heavy atom. The first-order valence-corrected chi connectivity index (χ1v) is 7.12. The van der Waals surface area contributed by atoms with Crippen molar-refractivity contribution in [1.29, 1.82) is 0 Å². The lowest BCUT2D eigenvalue weighted by atomic mass is 10.0. The van der Waals surface area contributed by atoms with Gasteiger partial charge in [-0.2, -0.15) is 0 Å². The fraction of sp³-hybridized carbons (Fsp3) is 0.533. The maximum atomic E-state index is 13.6. The van der Waals surface area contributed by atoms with Crippen LogP contribution < -0.4 is 5.32 Å². The van der Waals surface area contributed by atoms with Gasteiger partial charge >= 0.3 is 5.97 Å². The van der Waals surface area contributed by atoms with Gasteiger partial charge in [0.15, 0.2) is 0 Å². The molecular weight excluding hydrogens is 259 g/mol. The van der Waals surface area contributed by atoms with Crippen LogP contribution in [0.2, 0.25) is 0 Å². The normalized spacial score (nSPS) is 17.1. The molecule has 1 aromatic rings. The minimum atomic E-state index is -1.23. The standard InChI is InChI=1S/C15H21FN2O2/c1-2-7-18-8-5-11(6-9-18)17-12-3-4-13(15(19)20)14(16)10-12/h3-4,10-11,17H,2,5-9H2,1H3,(H,19,20). The highest BCUT2D eigenvalue weighted by atomic mass is 19.1. The minimum Gasteiger partial charge on any atom is -0.478 e. The van der Waals surface area contributed by atoms with Crippen LogP contribution >= 0.6 is 0 Å². The van der Waals surface area contributed by atoms with Crippen LogP contribution in [0.25, 0.3) is 0 Å². The van der Waals surface area contributed by atoms with Gasteiger partial charge in [0.1, 0.15) is 5.82 Å². The average molecular weight is 280 g/mol. The third-order valence-corrected chi connectivity index (χ3v) is 3.70. The first kappa shape index (κ1) is 14.8. The highest BCUT2D eigenvalue weighted by Gasteiger charge is 2.19. The van der Waals surface area contributed by atoms with Crippen molar-refractivity contribution in [2.45, 2.75) is 32.2 Å². The third-order valence-electron chi connectivity index (χ3n) is 3.70. The number of nitrogens with one attached hydrogen (secondary N) is 1. The van der Waals surface area contributed by atoms with Crippen LogP contribution in [0, 0.1) is 5.82 Å². The zero-order valence-electron chi connectivity index (χ0n) is 11.7. The zero-order valence-corrected chi connectivity index (χ0v) is 11.7. The van der Waals surface area contributed by atoms with Gasteiger partial charge < -0.3 is 15.3 Å². The van der Waals surface area contributed by atoms with Gasteiger partial charge in [-0.1, -0.05) is 6.92 Å².